The fourth-order valence-electron chi connectivity index (χ4n) is 4.33. The van der Waals surface area contributed by atoms with Crippen molar-refractivity contribution in [2.45, 2.75) is 56.7 Å². The van der Waals surface area contributed by atoms with Crippen LogP contribution in [0, 0.1) is 17.8 Å². The van der Waals surface area contributed by atoms with Gasteiger partial charge >= 0.3 is 11.9 Å². The highest BCUT2D eigenvalue weighted by molar-refractivity contribution is 5.77. The lowest BCUT2D eigenvalue weighted by Crippen LogP contribution is -2.59. The lowest BCUT2D eigenvalue weighted by molar-refractivity contribution is -0.222. The molecule has 4 fully saturated rings. The highest BCUT2D eigenvalue weighted by Gasteiger charge is 2.58. The van der Waals surface area contributed by atoms with Crippen LogP contribution in [0.25, 0.3) is 0 Å². The summed E-state index contributed by atoms with van der Waals surface area (Å²) in [4.78, 5) is 11.4. The predicted molar refractivity (Wildman–Crippen MR) is 59.0 cm³/mol. The van der Waals surface area contributed by atoms with Crippen molar-refractivity contribution in [3.8, 4) is 0 Å². The molecule has 0 saturated heterocycles. The number of halogens is 2. The molecular formula is C13H18F2O3. The van der Waals surface area contributed by atoms with Gasteiger partial charge in [0.1, 0.15) is 5.60 Å². The molecule has 3 nitrogen and oxygen atoms in total. The van der Waals surface area contributed by atoms with E-state index in [2.05, 4.69) is 0 Å². The van der Waals surface area contributed by atoms with Crippen molar-refractivity contribution in [2.24, 2.45) is 17.8 Å². The van der Waals surface area contributed by atoms with Crippen LogP contribution in [0.3, 0.4) is 0 Å². The zero-order chi connectivity index (χ0) is 13.1. The molecule has 0 amide bonds. The smallest absolute Gasteiger partial charge is 0.377 e. The first-order chi connectivity index (χ1) is 8.29. The van der Waals surface area contributed by atoms with Crippen LogP contribution >= 0.6 is 0 Å². The van der Waals surface area contributed by atoms with Crippen LogP contribution in [0.1, 0.15) is 39.0 Å². The summed E-state index contributed by atoms with van der Waals surface area (Å²) in [5.74, 6) is -4.19. The van der Waals surface area contributed by atoms with E-state index in [4.69, 9.17) is 4.74 Å². The molecule has 0 aliphatic heterocycles. The van der Waals surface area contributed by atoms with E-state index in [0.717, 1.165) is 12.8 Å². The molecule has 4 rings (SSSR count). The summed E-state index contributed by atoms with van der Waals surface area (Å²) >= 11 is 0. The maximum absolute atomic E-state index is 13.0. The minimum Gasteiger partial charge on any atom is -0.455 e. The van der Waals surface area contributed by atoms with Crippen LogP contribution in [0.2, 0.25) is 0 Å². The second-order valence-corrected chi connectivity index (χ2v) is 6.42. The Bertz CT molecular complexity index is 361. The fourth-order valence-corrected chi connectivity index (χ4v) is 4.33. The average Bonchev–Trinajstić information content (AvgIpc) is 2.22. The normalized spacial score (nSPS) is 46.2. The quantitative estimate of drug-likeness (QED) is 0.774. The summed E-state index contributed by atoms with van der Waals surface area (Å²) in [6, 6.07) is 0. The van der Waals surface area contributed by atoms with Crippen LogP contribution in [0.5, 0.6) is 0 Å². The summed E-state index contributed by atoms with van der Waals surface area (Å²) in [5, 5.41) is 10.0. The van der Waals surface area contributed by atoms with Crippen molar-refractivity contribution in [1.29, 1.82) is 0 Å². The molecule has 0 aromatic rings. The molecule has 18 heavy (non-hydrogen) atoms. The predicted octanol–water partition coefficient (Wildman–Crippen LogP) is 2.12. The Hall–Kier alpha value is -0.710. The molecular weight excluding hydrogens is 242 g/mol. The Kier molecular flexibility index (Phi) is 2.50. The molecule has 4 aliphatic carbocycles. The van der Waals surface area contributed by atoms with Crippen LogP contribution in [-0.4, -0.2) is 28.7 Å². The van der Waals surface area contributed by atoms with Gasteiger partial charge in [0.15, 0.2) is 0 Å². The Morgan fingerprint density at radius 3 is 2.33 bits per heavy atom. The van der Waals surface area contributed by atoms with E-state index in [1.807, 2.05) is 0 Å². The molecule has 102 valence electrons. The minimum absolute atomic E-state index is 0.120. The molecule has 0 heterocycles. The van der Waals surface area contributed by atoms with E-state index in [-0.39, 0.29) is 17.9 Å². The summed E-state index contributed by atoms with van der Waals surface area (Å²) in [7, 11) is 0. The lowest BCUT2D eigenvalue weighted by Gasteiger charge is -2.57. The van der Waals surface area contributed by atoms with Crippen molar-refractivity contribution in [2.75, 3.05) is 0 Å². The Morgan fingerprint density at radius 2 is 1.83 bits per heavy atom. The molecule has 2 unspecified atom stereocenters. The monoisotopic (exact) mass is 260 g/mol. The lowest BCUT2D eigenvalue weighted by atomic mass is 9.53. The van der Waals surface area contributed by atoms with Crippen LogP contribution in [0.4, 0.5) is 8.78 Å². The summed E-state index contributed by atoms with van der Waals surface area (Å²) in [6.07, 6.45) is 3.33. The molecule has 4 aliphatic rings. The van der Waals surface area contributed by atoms with Crippen molar-refractivity contribution in [3.63, 3.8) is 0 Å². The molecule has 0 radical (unpaired) electrons. The van der Waals surface area contributed by atoms with Crippen LogP contribution in [-0.2, 0) is 9.53 Å². The first-order valence-electron chi connectivity index (χ1n) is 6.58. The topological polar surface area (TPSA) is 46.5 Å². The average molecular weight is 260 g/mol. The fraction of sp³-hybridized carbons (Fsp3) is 0.923. The van der Waals surface area contributed by atoms with E-state index in [1.54, 1.807) is 0 Å². The number of aliphatic hydroxyl groups excluding tert-OH is 1. The van der Waals surface area contributed by atoms with Gasteiger partial charge in [0.2, 0.25) is 0 Å². The number of hydrogen-bond acceptors (Lipinski definition) is 3. The number of carbonyl (C=O) groups is 1. The van der Waals surface area contributed by atoms with Gasteiger partial charge in [-0.05, 0) is 49.9 Å². The molecule has 1 N–H and O–H groups in total. The summed E-state index contributed by atoms with van der Waals surface area (Å²) in [6.45, 7) is 0.574. The molecule has 4 saturated carbocycles. The summed E-state index contributed by atoms with van der Waals surface area (Å²) < 4.78 is 31.1. The van der Waals surface area contributed by atoms with Gasteiger partial charge in [0.25, 0.3) is 0 Å². The maximum atomic E-state index is 13.0. The van der Waals surface area contributed by atoms with Gasteiger partial charge in [-0.1, -0.05) is 0 Å². The maximum Gasteiger partial charge on any atom is 0.377 e. The molecule has 4 bridgehead atoms. The van der Waals surface area contributed by atoms with Gasteiger partial charge in [-0.2, -0.15) is 8.78 Å². The van der Waals surface area contributed by atoms with Crippen molar-refractivity contribution >= 4 is 5.97 Å². The van der Waals surface area contributed by atoms with Gasteiger partial charge < -0.3 is 9.84 Å². The van der Waals surface area contributed by atoms with Crippen molar-refractivity contribution in [3.05, 3.63) is 0 Å². The van der Waals surface area contributed by atoms with E-state index in [1.165, 1.54) is 0 Å². The zero-order valence-corrected chi connectivity index (χ0v) is 10.4. The van der Waals surface area contributed by atoms with Crippen molar-refractivity contribution in [1.82, 2.24) is 0 Å². The number of ether oxygens (including phenoxy) is 1. The standard InChI is InChI=1S/C13H18F2O3/c1-12(14,15)11(17)18-13-4-7-2-8(5-13)10(16)9(3-7)6-13/h7-10,16H,2-6H2,1H3. The molecule has 0 spiro atoms. The number of aliphatic hydroxyl groups is 1. The van der Waals surface area contributed by atoms with Gasteiger partial charge in [-0.25, -0.2) is 4.79 Å². The van der Waals surface area contributed by atoms with Gasteiger partial charge in [0, 0.05) is 6.92 Å². The first-order valence-corrected chi connectivity index (χ1v) is 6.58. The van der Waals surface area contributed by atoms with E-state index < -0.39 is 17.5 Å². The third kappa shape index (κ3) is 1.83. The third-order valence-electron chi connectivity index (χ3n) is 4.83. The molecule has 2 atom stereocenters. The SMILES string of the molecule is CC(F)(F)C(=O)OC12CC3CC(C1)C(O)C(C3)C2. The highest BCUT2D eigenvalue weighted by Crippen LogP contribution is 2.57. The number of esters is 1. The summed E-state index contributed by atoms with van der Waals surface area (Å²) in [5.41, 5.74) is -0.730. The second kappa shape index (κ2) is 3.65. The van der Waals surface area contributed by atoms with Crippen LogP contribution in [0.15, 0.2) is 0 Å². The number of carbonyl (C=O) groups excluding carboxylic acids is 1. The van der Waals surface area contributed by atoms with Gasteiger partial charge in [-0.3, -0.25) is 0 Å². The highest BCUT2D eigenvalue weighted by atomic mass is 19.3. The minimum atomic E-state index is -3.43. The molecule has 0 aromatic heterocycles. The molecule has 5 heteroatoms. The first kappa shape index (κ1) is 12.3. The Balaban J connectivity index is 1.78. The van der Waals surface area contributed by atoms with Crippen molar-refractivity contribution < 1.29 is 23.4 Å². The number of alkyl halides is 2. The van der Waals surface area contributed by atoms with E-state index >= 15 is 0 Å². The Morgan fingerprint density at radius 1 is 1.28 bits per heavy atom. The van der Waals surface area contributed by atoms with E-state index in [0.29, 0.717) is 32.1 Å². The van der Waals surface area contributed by atoms with Crippen LogP contribution < -0.4 is 0 Å². The second-order valence-electron chi connectivity index (χ2n) is 6.42. The van der Waals surface area contributed by atoms with Gasteiger partial charge in [0.05, 0.1) is 6.10 Å². The number of rotatable bonds is 2. The number of hydrogen-bond donors (Lipinski definition) is 1. The zero-order valence-electron chi connectivity index (χ0n) is 10.4. The largest absolute Gasteiger partial charge is 0.455 e. The molecule has 0 aromatic carbocycles. The van der Waals surface area contributed by atoms with E-state index in [9.17, 15) is 18.7 Å². The van der Waals surface area contributed by atoms with Gasteiger partial charge in [-0.15, -0.1) is 0 Å². The third-order valence-corrected chi connectivity index (χ3v) is 4.83. The Labute approximate surface area is 105 Å².